The first kappa shape index (κ1) is 17.0. The van der Waals surface area contributed by atoms with Crippen molar-refractivity contribution >= 4 is 21.6 Å². The molecule has 2 aromatic carbocycles. The zero-order chi connectivity index (χ0) is 18.0. The molecular weight excluding hydrogens is 404 g/mol. The minimum atomic E-state index is -3.00. The van der Waals surface area contributed by atoms with Gasteiger partial charge in [0.1, 0.15) is 5.75 Å². The van der Waals surface area contributed by atoms with Crippen LogP contribution < -0.4 is 4.74 Å². The summed E-state index contributed by atoms with van der Waals surface area (Å²) in [6, 6.07) is 9.92. The molecule has 3 rings (SSSR count). The van der Waals surface area contributed by atoms with Crippen LogP contribution in [-0.4, -0.2) is 21.7 Å². The predicted molar refractivity (Wildman–Crippen MR) is 86.2 cm³/mol. The molecule has 0 aliphatic heterocycles. The Morgan fingerprint density at radius 2 is 1.92 bits per heavy atom. The fourth-order valence-electron chi connectivity index (χ4n) is 2.05. The van der Waals surface area contributed by atoms with Gasteiger partial charge in [-0.1, -0.05) is 21.1 Å². The molecule has 0 saturated carbocycles. The number of aromatic nitrogens is 2. The Morgan fingerprint density at radius 1 is 1.20 bits per heavy atom. The summed E-state index contributed by atoms with van der Waals surface area (Å²) in [6.45, 7) is -3.00. The van der Waals surface area contributed by atoms with Gasteiger partial charge in [-0.2, -0.15) is 13.8 Å². The number of nitro groups is 1. The number of hydrogen-bond acceptors (Lipinski definition) is 6. The molecule has 128 valence electrons. The molecular formula is C15H8BrF2N3O4. The Labute approximate surface area is 147 Å². The van der Waals surface area contributed by atoms with Gasteiger partial charge >= 0.3 is 6.61 Å². The Morgan fingerprint density at radius 3 is 2.56 bits per heavy atom. The van der Waals surface area contributed by atoms with E-state index in [0.29, 0.717) is 10.0 Å². The van der Waals surface area contributed by atoms with Crippen molar-refractivity contribution < 1.29 is 23.0 Å². The van der Waals surface area contributed by atoms with Gasteiger partial charge in [-0.05, 0) is 30.3 Å². The van der Waals surface area contributed by atoms with Crippen molar-refractivity contribution in [3.8, 4) is 28.6 Å². The normalized spacial score (nSPS) is 10.9. The third kappa shape index (κ3) is 3.79. The number of nitro benzene ring substituents is 1. The molecule has 0 N–H and O–H groups in total. The van der Waals surface area contributed by atoms with E-state index < -0.39 is 11.5 Å². The Balaban J connectivity index is 1.96. The largest absolute Gasteiger partial charge is 0.434 e. The van der Waals surface area contributed by atoms with E-state index in [4.69, 9.17) is 4.52 Å². The number of non-ortho nitro benzene ring substituents is 1. The SMILES string of the molecule is O=[N+]([O-])c1ccc(-c2noc(-c3cc(Br)ccc3OC(F)F)n2)cc1. The molecule has 1 aromatic heterocycles. The van der Waals surface area contributed by atoms with Crippen LogP contribution in [0.15, 0.2) is 51.5 Å². The second-order valence-electron chi connectivity index (χ2n) is 4.75. The molecule has 0 aliphatic rings. The first-order chi connectivity index (χ1) is 11.9. The van der Waals surface area contributed by atoms with Gasteiger partial charge < -0.3 is 9.26 Å². The minimum Gasteiger partial charge on any atom is -0.434 e. The van der Waals surface area contributed by atoms with Gasteiger partial charge in [0.2, 0.25) is 5.82 Å². The number of nitrogens with zero attached hydrogens (tertiary/aromatic N) is 3. The van der Waals surface area contributed by atoms with E-state index in [9.17, 15) is 18.9 Å². The van der Waals surface area contributed by atoms with Gasteiger partial charge in [0.05, 0.1) is 10.5 Å². The highest BCUT2D eigenvalue weighted by Crippen LogP contribution is 2.34. The Kier molecular flexibility index (Phi) is 4.70. The quantitative estimate of drug-likeness (QED) is 0.447. The van der Waals surface area contributed by atoms with E-state index in [-0.39, 0.29) is 28.7 Å². The van der Waals surface area contributed by atoms with E-state index in [0.717, 1.165) is 0 Å². The highest BCUT2D eigenvalue weighted by molar-refractivity contribution is 9.10. The standard InChI is InChI=1S/C15H8BrF2N3O4/c16-9-3-6-12(24-15(17)18)11(7-9)14-19-13(20-25-14)8-1-4-10(5-2-8)21(22)23/h1-7,15H. The molecule has 0 aliphatic carbocycles. The average molecular weight is 412 g/mol. The summed E-state index contributed by atoms with van der Waals surface area (Å²) in [7, 11) is 0. The van der Waals surface area contributed by atoms with Crippen LogP contribution in [0.2, 0.25) is 0 Å². The third-order valence-corrected chi connectivity index (χ3v) is 3.64. The fourth-order valence-corrected chi connectivity index (χ4v) is 2.41. The summed E-state index contributed by atoms with van der Waals surface area (Å²) in [6.07, 6.45) is 0. The first-order valence-corrected chi connectivity index (χ1v) is 7.56. The molecule has 1 heterocycles. The molecule has 25 heavy (non-hydrogen) atoms. The van der Waals surface area contributed by atoms with Gasteiger partial charge in [0, 0.05) is 22.2 Å². The lowest BCUT2D eigenvalue weighted by molar-refractivity contribution is -0.384. The second-order valence-corrected chi connectivity index (χ2v) is 5.66. The van der Waals surface area contributed by atoms with Gasteiger partial charge in [-0.3, -0.25) is 10.1 Å². The predicted octanol–water partition coefficient (Wildman–Crippen LogP) is 4.68. The van der Waals surface area contributed by atoms with Crippen molar-refractivity contribution in [3.05, 3.63) is 57.1 Å². The molecule has 10 heteroatoms. The van der Waals surface area contributed by atoms with E-state index in [1.54, 1.807) is 0 Å². The van der Waals surface area contributed by atoms with Gasteiger partial charge in [-0.15, -0.1) is 0 Å². The van der Waals surface area contributed by atoms with E-state index >= 15 is 0 Å². The lowest BCUT2D eigenvalue weighted by atomic mass is 10.2. The molecule has 0 atom stereocenters. The van der Waals surface area contributed by atoms with Crippen LogP contribution in [0.1, 0.15) is 0 Å². The lowest BCUT2D eigenvalue weighted by Crippen LogP contribution is -2.03. The van der Waals surface area contributed by atoms with Crippen LogP contribution in [0.3, 0.4) is 0 Å². The van der Waals surface area contributed by atoms with Crippen LogP contribution in [0.4, 0.5) is 14.5 Å². The molecule has 0 bridgehead atoms. The Bertz CT molecular complexity index is 915. The number of benzene rings is 2. The van der Waals surface area contributed by atoms with Crippen molar-refractivity contribution in [3.63, 3.8) is 0 Å². The fraction of sp³-hybridized carbons (Fsp3) is 0.0667. The van der Waals surface area contributed by atoms with E-state index in [2.05, 4.69) is 30.8 Å². The smallest absolute Gasteiger partial charge is 0.387 e. The van der Waals surface area contributed by atoms with Crippen molar-refractivity contribution in [1.29, 1.82) is 0 Å². The van der Waals surface area contributed by atoms with Crippen molar-refractivity contribution in [2.75, 3.05) is 0 Å². The highest BCUT2D eigenvalue weighted by Gasteiger charge is 2.18. The van der Waals surface area contributed by atoms with Crippen molar-refractivity contribution in [2.24, 2.45) is 0 Å². The van der Waals surface area contributed by atoms with Crippen LogP contribution >= 0.6 is 15.9 Å². The average Bonchev–Trinajstić information content (AvgIpc) is 3.06. The molecule has 3 aromatic rings. The topological polar surface area (TPSA) is 91.3 Å². The van der Waals surface area contributed by atoms with Crippen LogP contribution in [0.5, 0.6) is 5.75 Å². The van der Waals surface area contributed by atoms with Gasteiger partial charge in [0.25, 0.3) is 11.6 Å². The summed E-state index contributed by atoms with van der Waals surface area (Å²) < 4.78 is 35.3. The summed E-state index contributed by atoms with van der Waals surface area (Å²) in [4.78, 5) is 14.3. The first-order valence-electron chi connectivity index (χ1n) is 6.77. The van der Waals surface area contributed by atoms with Gasteiger partial charge in [0.15, 0.2) is 0 Å². The van der Waals surface area contributed by atoms with E-state index in [1.165, 1.54) is 42.5 Å². The molecule has 0 unspecified atom stereocenters. The highest BCUT2D eigenvalue weighted by atomic mass is 79.9. The number of hydrogen-bond donors (Lipinski definition) is 0. The number of ether oxygens (including phenoxy) is 1. The number of halogens is 3. The van der Waals surface area contributed by atoms with Crippen molar-refractivity contribution in [1.82, 2.24) is 10.1 Å². The molecule has 0 amide bonds. The summed E-state index contributed by atoms with van der Waals surface area (Å²) in [5.41, 5.74) is 0.592. The Hall–Kier alpha value is -2.88. The number of alkyl halides is 2. The number of rotatable bonds is 5. The summed E-state index contributed by atoms with van der Waals surface area (Å²) >= 11 is 3.24. The second kappa shape index (κ2) is 6.93. The minimum absolute atomic E-state index is 0.0229. The monoisotopic (exact) mass is 411 g/mol. The van der Waals surface area contributed by atoms with Gasteiger partial charge in [-0.25, -0.2) is 0 Å². The van der Waals surface area contributed by atoms with Crippen LogP contribution in [0.25, 0.3) is 22.8 Å². The molecule has 0 fully saturated rings. The molecule has 0 radical (unpaired) electrons. The maximum Gasteiger partial charge on any atom is 0.387 e. The molecule has 0 spiro atoms. The molecule has 7 nitrogen and oxygen atoms in total. The summed E-state index contributed by atoms with van der Waals surface area (Å²) in [5.74, 6) is 0.0234. The maximum atomic E-state index is 12.5. The summed E-state index contributed by atoms with van der Waals surface area (Å²) in [5, 5.41) is 14.4. The maximum absolute atomic E-state index is 12.5. The van der Waals surface area contributed by atoms with E-state index in [1.807, 2.05) is 0 Å². The van der Waals surface area contributed by atoms with Crippen LogP contribution in [0, 0.1) is 10.1 Å². The third-order valence-electron chi connectivity index (χ3n) is 3.15. The van der Waals surface area contributed by atoms with Crippen LogP contribution in [-0.2, 0) is 0 Å². The van der Waals surface area contributed by atoms with Crippen molar-refractivity contribution in [2.45, 2.75) is 6.61 Å². The molecule has 0 saturated heterocycles. The zero-order valence-electron chi connectivity index (χ0n) is 12.2. The lowest BCUT2D eigenvalue weighted by Gasteiger charge is -2.08. The zero-order valence-corrected chi connectivity index (χ0v) is 13.8.